The molecule has 0 saturated carbocycles. The monoisotopic (exact) mass is 464 g/mol. The number of hydrogen-bond donors (Lipinski definition) is 0. The molecule has 180 valence electrons. The van der Waals surface area contributed by atoms with Crippen molar-refractivity contribution in [2.75, 3.05) is 18.1 Å². The fourth-order valence-corrected chi connectivity index (χ4v) is 4.00. The van der Waals surface area contributed by atoms with Crippen LogP contribution in [-0.4, -0.2) is 47.8 Å². The lowest BCUT2D eigenvalue weighted by molar-refractivity contribution is -0.139. The van der Waals surface area contributed by atoms with E-state index in [0.717, 1.165) is 10.5 Å². The number of ether oxygens (including phenoxy) is 1. The molecule has 3 rings (SSSR count). The number of imide groups is 1. The molecular weight excluding hydrogens is 432 g/mol. The van der Waals surface area contributed by atoms with Crippen LogP contribution in [0.1, 0.15) is 56.5 Å². The second-order valence-electron chi connectivity index (χ2n) is 9.61. The summed E-state index contributed by atoms with van der Waals surface area (Å²) in [6.45, 7) is 8.24. The summed E-state index contributed by atoms with van der Waals surface area (Å²) in [5.74, 6) is -1.41. The van der Waals surface area contributed by atoms with E-state index >= 15 is 0 Å². The van der Waals surface area contributed by atoms with Crippen molar-refractivity contribution in [2.45, 2.75) is 53.0 Å². The van der Waals surface area contributed by atoms with Crippen molar-refractivity contribution in [3.05, 3.63) is 65.7 Å². The van der Waals surface area contributed by atoms with Crippen LogP contribution < -0.4 is 4.90 Å². The lowest BCUT2D eigenvalue weighted by atomic mass is 9.91. The molecule has 2 aromatic rings. The van der Waals surface area contributed by atoms with Gasteiger partial charge in [-0.2, -0.15) is 0 Å². The van der Waals surface area contributed by atoms with Crippen molar-refractivity contribution in [3.63, 3.8) is 0 Å². The van der Waals surface area contributed by atoms with E-state index < -0.39 is 17.9 Å². The predicted octanol–water partition coefficient (Wildman–Crippen LogP) is 4.00. The molecule has 3 amide bonds. The van der Waals surface area contributed by atoms with E-state index in [1.807, 2.05) is 51.1 Å². The highest BCUT2D eigenvalue weighted by Crippen LogP contribution is 2.28. The lowest BCUT2D eigenvalue weighted by Gasteiger charge is -2.30. The number of anilines is 1. The van der Waals surface area contributed by atoms with Crippen LogP contribution in [0.4, 0.5) is 5.69 Å². The maximum atomic E-state index is 13.4. The van der Waals surface area contributed by atoms with E-state index in [2.05, 4.69) is 0 Å². The molecule has 0 bridgehead atoms. The van der Waals surface area contributed by atoms with Gasteiger partial charge in [0.1, 0.15) is 6.04 Å². The number of benzene rings is 2. The summed E-state index contributed by atoms with van der Waals surface area (Å²) >= 11 is 0. The average Bonchev–Trinajstić information content (AvgIpc) is 3.07. The van der Waals surface area contributed by atoms with Crippen LogP contribution in [0, 0.1) is 5.41 Å². The fraction of sp³-hybridized carbons (Fsp3) is 0.407. The Kier molecular flexibility index (Phi) is 7.87. The summed E-state index contributed by atoms with van der Waals surface area (Å²) in [6.07, 6.45) is 0.792. The van der Waals surface area contributed by atoms with Gasteiger partial charge in [0, 0.05) is 13.0 Å². The molecule has 0 spiro atoms. The molecule has 34 heavy (non-hydrogen) atoms. The molecule has 1 unspecified atom stereocenters. The standard InChI is InChI=1S/C27H32N2O5/c1-5-34-26(33)20-11-13-21(14-12-20)29-23(30)17-22(25(29)32)28(24(31)18-27(2,3)4)16-15-19-9-7-6-8-10-19/h6-14,22H,5,15-18H2,1-4H3. The first kappa shape index (κ1) is 25.1. The molecule has 0 aliphatic carbocycles. The molecule has 7 heteroatoms. The highest BCUT2D eigenvalue weighted by molar-refractivity contribution is 6.23. The van der Waals surface area contributed by atoms with Gasteiger partial charge in [-0.3, -0.25) is 14.4 Å². The van der Waals surface area contributed by atoms with Gasteiger partial charge in [-0.1, -0.05) is 51.1 Å². The first-order valence-corrected chi connectivity index (χ1v) is 11.6. The Labute approximate surface area is 200 Å². The van der Waals surface area contributed by atoms with Crippen molar-refractivity contribution < 1.29 is 23.9 Å². The second-order valence-corrected chi connectivity index (χ2v) is 9.61. The van der Waals surface area contributed by atoms with Gasteiger partial charge in [0.05, 0.1) is 24.3 Å². The number of amides is 3. The van der Waals surface area contributed by atoms with E-state index in [4.69, 9.17) is 4.74 Å². The Morgan fingerprint density at radius 3 is 2.26 bits per heavy atom. The van der Waals surface area contributed by atoms with Crippen LogP contribution in [0.25, 0.3) is 0 Å². The minimum Gasteiger partial charge on any atom is -0.462 e. The minimum absolute atomic E-state index is 0.0663. The van der Waals surface area contributed by atoms with Gasteiger partial charge in [-0.15, -0.1) is 0 Å². The van der Waals surface area contributed by atoms with E-state index in [9.17, 15) is 19.2 Å². The summed E-state index contributed by atoms with van der Waals surface area (Å²) in [5.41, 5.74) is 1.51. The maximum Gasteiger partial charge on any atom is 0.338 e. The van der Waals surface area contributed by atoms with Crippen LogP contribution in [0.15, 0.2) is 54.6 Å². The predicted molar refractivity (Wildman–Crippen MR) is 129 cm³/mol. The van der Waals surface area contributed by atoms with Crippen molar-refractivity contribution in [3.8, 4) is 0 Å². The second kappa shape index (κ2) is 10.6. The van der Waals surface area contributed by atoms with Crippen molar-refractivity contribution in [1.29, 1.82) is 0 Å². The highest BCUT2D eigenvalue weighted by atomic mass is 16.5. The highest BCUT2D eigenvalue weighted by Gasteiger charge is 2.44. The minimum atomic E-state index is -0.851. The molecule has 1 fully saturated rings. The van der Waals surface area contributed by atoms with Gasteiger partial charge in [0.25, 0.3) is 5.91 Å². The van der Waals surface area contributed by atoms with Gasteiger partial charge in [0.15, 0.2) is 0 Å². The summed E-state index contributed by atoms with van der Waals surface area (Å²) < 4.78 is 4.98. The Balaban J connectivity index is 1.82. The summed E-state index contributed by atoms with van der Waals surface area (Å²) in [7, 11) is 0. The first-order chi connectivity index (χ1) is 16.1. The van der Waals surface area contributed by atoms with Gasteiger partial charge >= 0.3 is 5.97 Å². The van der Waals surface area contributed by atoms with Crippen LogP contribution in [-0.2, 0) is 25.5 Å². The molecule has 0 N–H and O–H groups in total. The Hall–Kier alpha value is -3.48. The van der Waals surface area contributed by atoms with E-state index in [1.54, 1.807) is 24.0 Å². The van der Waals surface area contributed by atoms with E-state index in [1.165, 1.54) is 12.1 Å². The molecule has 1 aliphatic rings. The van der Waals surface area contributed by atoms with Gasteiger partial charge < -0.3 is 9.64 Å². The van der Waals surface area contributed by atoms with Crippen molar-refractivity contribution in [2.24, 2.45) is 5.41 Å². The number of esters is 1. The molecule has 1 aliphatic heterocycles. The maximum absolute atomic E-state index is 13.4. The fourth-order valence-electron chi connectivity index (χ4n) is 4.00. The van der Waals surface area contributed by atoms with Crippen molar-refractivity contribution >= 4 is 29.4 Å². The molecule has 1 saturated heterocycles. The number of carbonyl (C=O) groups excluding carboxylic acids is 4. The average molecular weight is 465 g/mol. The summed E-state index contributed by atoms with van der Waals surface area (Å²) in [5, 5.41) is 0. The Morgan fingerprint density at radius 2 is 1.68 bits per heavy atom. The van der Waals surface area contributed by atoms with E-state index in [0.29, 0.717) is 24.2 Å². The molecule has 1 heterocycles. The third kappa shape index (κ3) is 6.10. The molecule has 1 atom stereocenters. The van der Waals surface area contributed by atoms with Crippen LogP contribution in [0.5, 0.6) is 0 Å². The molecule has 0 aromatic heterocycles. The number of nitrogens with zero attached hydrogens (tertiary/aromatic N) is 2. The van der Waals surface area contributed by atoms with E-state index in [-0.39, 0.29) is 36.7 Å². The first-order valence-electron chi connectivity index (χ1n) is 11.6. The molecule has 7 nitrogen and oxygen atoms in total. The third-order valence-corrected chi connectivity index (χ3v) is 5.62. The Morgan fingerprint density at radius 1 is 1.03 bits per heavy atom. The number of rotatable bonds is 8. The summed E-state index contributed by atoms with van der Waals surface area (Å²) in [4.78, 5) is 54.1. The van der Waals surface area contributed by atoms with Gasteiger partial charge in [-0.05, 0) is 48.6 Å². The van der Waals surface area contributed by atoms with Crippen LogP contribution in [0.2, 0.25) is 0 Å². The molecular formula is C27H32N2O5. The van der Waals surface area contributed by atoms with Crippen LogP contribution in [0.3, 0.4) is 0 Å². The lowest BCUT2D eigenvalue weighted by Crippen LogP contribution is -2.47. The Bertz CT molecular complexity index is 1040. The molecule has 0 radical (unpaired) electrons. The quantitative estimate of drug-likeness (QED) is 0.436. The SMILES string of the molecule is CCOC(=O)c1ccc(N2C(=O)CC(N(CCc3ccccc3)C(=O)CC(C)(C)C)C2=O)cc1. The van der Waals surface area contributed by atoms with Crippen LogP contribution >= 0.6 is 0 Å². The number of carbonyl (C=O) groups is 4. The third-order valence-electron chi connectivity index (χ3n) is 5.62. The zero-order chi connectivity index (χ0) is 24.9. The summed E-state index contributed by atoms with van der Waals surface area (Å²) in [6, 6.07) is 15.1. The number of hydrogen-bond acceptors (Lipinski definition) is 5. The zero-order valence-electron chi connectivity index (χ0n) is 20.2. The van der Waals surface area contributed by atoms with Gasteiger partial charge in [-0.25, -0.2) is 9.69 Å². The smallest absolute Gasteiger partial charge is 0.338 e. The normalized spacial score (nSPS) is 16.0. The molecule has 2 aromatic carbocycles. The largest absolute Gasteiger partial charge is 0.462 e. The van der Waals surface area contributed by atoms with Gasteiger partial charge in [0.2, 0.25) is 11.8 Å². The van der Waals surface area contributed by atoms with Crippen molar-refractivity contribution in [1.82, 2.24) is 4.90 Å². The zero-order valence-corrected chi connectivity index (χ0v) is 20.2. The topological polar surface area (TPSA) is 84.0 Å².